The van der Waals surface area contributed by atoms with E-state index < -0.39 is 0 Å². The molecule has 0 amide bonds. The van der Waals surface area contributed by atoms with E-state index in [1.807, 2.05) is 6.07 Å². The first kappa shape index (κ1) is 17.1. The second kappa shape index (κ2) is 10.8. The summed E-state index contributed by atoms with van der Waals surface area (Å²) in [4.78, 5) is 0. The number of hydrogen-bond acceptors (Lipinski definition) is 6. The Morgan fingerprint density at radius 1 is 1.20 bits per heavy atom. The number of nitrogens with one attached hydrogen (secondary N) is 1. The van der Waals surface area contributed by atoms with Crippen molar-refractivity contribution in [2.45, 2.75) is 39.5 Å². The van der Waals surface area contributed by atoms with Gasteiger partial charge in [-0.1, -0.05) is 19.0 Å². The molecule has 0 atom stereocenters. The van der Waals surface area contributed by atoms with Crippen molar-refractivity contribution in [2.75, 3.05) is 33.5 Å². The largest absolute Gasteiger partial charge is 0.382 e. The van der Waals surface area contributed by atoms with Crippen molar-refractivity contribution in [3.05, 3.63) is 17.5 Å². The molecule has 1 heterocycles. The summed E-state index contributed by atoms with van der Waals surface area (Å²) in [6.45, 7) is 7.95. The molecule has 20 heavy (non-hydrogen) atoms. The van der Waals surface area contributed by atoms with Crippen molar-refractivity contribution < 1.29 is 18.7 Å². The van der Waals surface area contributed by atoms with E-state index in [2.05, 4.69) is 24.3 Å². The molecule has 0 fully saturated rings. The van der Waals surface area contributed by atoms with Crippen molar-refractivity contribution in [1.29, 1.82) is 0 Å². The van der Waals surface area contributed by atoms with Gasteiger partial charge in [0, 0.05) is 39.0 Å². The molecule has 0 radical (unpaired) electrons. The van der Waals surface area contributed by atoms with Crippen LogP contribution in [0.2, 0.25) is 0 Å². The van der Waals surface area contributed by atoms with Crippen LogP contribution in [0.25, 0.3) is 0 Å². The lowest BCUT2D eigenvalue weighted by Crippen LogP contribution is -2.21. The fourth-order valence-electron chi connectivity index (χ4n) is 1.50. The highest BCUT2D eigenvalue weighted by Crippen LogP contribution is 2.05. The van der Waals surface area contributed by atoms with E-state index in [4.69, 9.17) is 18.7 Å². The normalized spacial score (nSPS) is 11.4. The van der Waals surface area contributed by atoms with Gasteiger partial charge in [0.25, 0.3) is 0 Å². The van der Waals surface area contributed by atoms with Crippen LogP contribution in [-0.4, -0.2) is 44.7 Å². The van der Waals surface area contributed by atoms with Gasteiger partial charge < -0.3 is 24.1 Å². The molecular formula is C14H26N2O4. The van der Waals surface area contributed by atoms with Crippen molar-refractivity contribution in [2.24, 2.45) is 0 Å². The zero-order valence-corrected chi connectivity index (χ0v) is 12.7. The van der Waals surface area contributed by atoms with Crippen molar-refractivity contribution in [1.82, 2.24) is 10.5 Å². The first-order valence-corrected chi connectivity index (χ1v) is 7.04. The third-order valence-corrected chi connectivity index (χ3v) is 2.55. The fourth-order valence-corrected chi connectivity index (χ4v) is 1.50. The zero-order valence-electron chi connectivity index (χ0n) is 12.7. The van der Waals surface area contributed by atoms with E-state index in [0.717, 1.165) is 17.9 Å². The monoisotopic (exact) mass is 286 g/mol. The number of methoxy groups -OCH3 is 1. The Morgan fingerprint density at radius 3 is 2.75 bits per heavy atom. The van der Waals surface area contributed by atoms with Gasteiger partial charge in [0.2, 0.25) is 0 Å². The fraction of sp³-hybridized carbons (Fsp3) is 0.786. The standard InChI is InChI=1S/C14H26N2O4/c1-12(2)15-10-13-9-14(20-16-13)11-19-6-4-5-18-8-7-17-3/h9,12,15H,4-8,10-11H2,1-3H3. The van der Waals surface area contributed by atoms with Gasteiger partial charge in [0.05, 0.1) is 18.9 Å². The molecule has 0 bridgehead atoms. The van der Waals surface area contributed by atoms with E-state index in [0.29, 0.717) is 45.6 Å². The van der Waals surface area contributed by atoms with Gasteiger partial charge in [-0.15, -0.1) is 0 Å². The van der Waals surface area contributed by atoms with Crippen molar-refractivity contribution in [3.63, 3.8) is 0 Å². The Labute approximate surface area is 120 Å². The molecule has 0 aliphatic carbocycles. The lowest BCUT2D eigenvalue weighted by Gasteiger charge is -2.04. The lowest BCUT2D eigenvalue weighted by atomic mass is 10.3. The average Bonchev–Trinajstić information content (AvgIpc) is 2.87. The zero-order chi connectivity index (χ0) is 14.6. The average molecular weight is 286 g/mol. The van der Waals surface area contributed by atoms with Crippen LogP contribution in [0.15, 0.2) is 10.6 Å². The van der Waals surface area contributed by atoms with Gasteiger partial charge in [-0.05, 0) is 6.42 Å². The summed E-state index contributed by atoms with van der Waals surface area (Å²) >= 11 is 0. The number of nitrogens with zero attached hydrogens (tertiary/aromatic N) is 1. The van der Waals surface area contributed by atoms with Gasteiger partial charge in [-0.25, -0.2) is 0 Å². The summed E-state index contributed by atoms with van der Waals surface area (Å²) in [7, 11) is 1.66. The third kappa shape index (κ3) is 8.27. The van der Waals surface area contributed by atoms with Crippen LogP contribution in [0.3, 0.4) is 0 Å². The smallest absolute Gasteiger partial charge is 0.162 e. The van der Waals surface area contributed by atoms with Gasteiger partial charge in [0.1, 0.15) is 6.61 Å². The summed E-state index contributed by atoms with van der Waals surface area (Å²) in [6.07, 6.45) is 0.861. The number of hydrogen-bond donors (Lipinski definition) is 1. The van der Waals surface area contributed by atoms with Crippen molar-refractivity contribution >= 4 is 0 Å². The molecule has 6 heteroatoms. The molecule has 1 N–H and O–H groups in total. The number of ether oxygens (including phenoxy) is 3. The number of aromatic nitrogens is 1. The summed E-state index contributed by atoms with van der Waals surface area (Å²) in [6, 6.07) is 2.36. The maximum atomic E-state index is 5.50. The van der Waals surface area contributed by atoms with Crippen LogP contribution in [0.1, 0.15) is 31.7 Å². The van der Waals surface area contributed by atoms with Crippen LogP contribution < -0.4 is 5.32 Å². The molecule has 1 aromatic rings. The highest BCUT2D eigenvalue weighted by molar-refractivity contribution is 5.04. The molecule has 0 aliphatic rings. The van der Waals surface area contributed by atoms with Crippen LogP contribution in [0, 0.1) is 0 Å². The van der Waals surface area contributed by atoms with Gasteiger partial charge >= 0.3 is 0 Å². The highest BCUT2D eigenvalue weighted by atomic mass is 16.5. The highest BCUT2D eigenvalue weighted by Gasteiger charge is 2.04. The molecule has 6 nitrogen and oxygen atoms in total. The molecule has 1 aromatic heterocycles. The number of rotatable bonds is 12. The first-order chi connectivity index (χ1) is 9.72. The molecule has 1 rings (SSSR count). The second-order valence-electron chi connectivity index (χ2n) is 4.83. The van der Waals surface area contributed by atoms with E-state index in [-0.39, 0.29) is 0 Å². The Hall–Kier alpha value is -0.950. The van der Waals surface area contributed by atoms with Crippen LogP contribution >= 0.6 is 0 Å². The maximum absolute atomic E-state index is 5.50. The molecular weight excluding hydrogens is 260 g/mol. The summed E-state index contributed by atoms with van der Waals surface area (Å²) in [5.41, 5.74) is 0.903. The predicted molar refractivity (Wildman–Crippen MR) is 75.4 cm³/mol. The Kier molecular flexibility index (Phi) is 9.23. The molecule has 0 saturated carbocycles. The molecule has 0 aromatic carbocycles. The van der Waals surface area contributed by atoms with Crippen molar-refractivity contribution in [3.8, 4) is 0 Å². The maximum Gasteiger partial charge on any atom is 0.162 e. The Bertz CT molecular complexity index is 342. The minimum atomic E-state index is 0.435. The van der Waals surface area contributed by atoms with Gasteiger partial charge in [-0.3, -0.25) is 0 Å². The SMILES string of the molecule is COCCOCCCOCc1cc(CNC(C)C)no1. The van der Waals surface area contributed by atoms with E-state index >= 15 is 0 Å². The van der Waals surface area contributed by atoms with E-state index in [9.17, 15) is 0 Å². The van der Waals surface area contributed by atoms with Crippen LogP contribution in [-0.2, 0) is 27.4 Å². The summed E-state index contributed by atoms with van der Waals surface area (Å²) in [5, 5.41) is 7.27. The molecule has 116 valence electrons. The van der Waals surface area contributed by atoms with Gasteiger partial charge in [0.15, 0.2) is 5.76 Å². The van der Waals surface area contributed by atoms with Crippen LogP contribution in [0.4, 0.5) is 0 Å². The van der Waals surface area contributed by atoms with E-state index in [1.54, 1.807) is 7.11 Å². The minimum Gasteiger partial charge on any atom is -0.382 e. The Morgan fingerprint density at radius 2 is 2.00 bits per heavy atom. The molecule has 0 unspecified atom stereocenters. The molecule has 0 aliphatic heterocycles. The quantitative estimate of drug-likeness (QED) is 0.590. The second-order valence-corrected chi connectivity index (χ2v) is 4.83. The topological polar surface area (TPSA) is 65.8 Å². The van der Waals surface area contributed by atoms with Gasteiger partial charge in [-0.2, -0.15) is 0 Å². The summed E-state index contributed by atoms with van der Waals surface area (Å²) in [5.74, 6) is 0.755. The lowest BCUT2D eigenvalue weighted by molar-refractivity contribution is 0.0443. The predicted octanol–water partition coefficient (Wildman–Crippen LogP) is 1.74. The van der Waals surface area contributed by atoms with Crippen LogP contribution in [0.5, 0.6) is 0 Å². The summed E-state index contributed by atoms with van der Waals surface area (Å²) < 4.78 is 20.9. The minimum absolute atomic E-state index is 0.435. The molecule has 0 spiro atoms. The Balaban J connectivity index is 2.01. The third-order valence-electron chi connectivity index (χ3n) is 2.55. The first-order valence-electron chi connectivity index (χ1n) is 7.04. The molecule has 0 saturated heterocycles. The van der Waals surface area contributed by atoms with E-state index in [1.165, 1.54) is 0 Å².